The number of nitrogens with one attached hydrogen (secondary N) is 1. The van der Waals surface area contributed by atoms with Crippen molar-refractivity contribution in [2.24, 2.45) is 0 Å². The van der Waals surface area contributed by atoms with E-state index in [-0.39, 0.29) is 0 Å². The van der Waals surface area contributed by atoms with Gasteiger partial charge in [0, 0.05) is 22.9 Å². The highest BCUT2D eigenvalue weighted by Crippen LogP contribution is 2.21. The van der Waals surface area contributed by atoms with Crippen LogP contribution in [0.4, 0.5) is 0 Å². The lowest BCUT2D eigenvalue weighted by atomic mass is 10.1. The summed E-state index contributed by atoms with van der Waals surface area (Å²) in [5.41, 5.74) is 4.94. The third kappa shape index (κ3) is 6.17. The summed E-state index contributed by atoms with van der Waals surface area (Å²) in [6.07, 6.45) is 0.964. The molecule has 8 nitrogen and oxygen atoms in total. The first kappa shape index (κ1) is 24.2. The number of nitrogens with zero attached hydrogens (tertiary/aromatic N) is 7. The number of rotatable bonds is 11. The number of hydrogen-bond acceptors (Lipinski definition) is 7. The highest BCUT2D eigenvalue weighted by atomic mass is 35.5. The quantitative estimate of drug-likeness (QED) is 0.197. The Kier molecular flexibility index (Phi) is 8.02. The normalized spacial score (nSPS) is 11.1. The number of hydrogen-bond donors (Lipinski definition) is 1. The van der Waals surface area contributed by atoms with Crippen LogP contribution >= 0.6 is 23.4 Å². The van der Waals surface area contributed by atoms with Gasteiger partial charge in [-0.3, -0.25) is 0 Å². The SMILES string of the molecule is Clc1ccc(Cn2nc(CNCCCSc3nnnn3-c3ccccc3)c(-c3ccccc3)n2)cc1. The molecule has 0 fully saturated rings. The zero-order chi connectivity index (χ0) is 24.6. The fourth-order valence-corrected chi connectivity index (χ4v) is 4.67. The summed E-state index contributed by atoms with van der Waals surface area (Å²) in [5.74, 6) is 0.898. The average Bonchev–Trinajstić information content (AvgIpc) is 3.55. The van der Waals surface area contributed by atoms with Crippen LogP contribution in [0.2, 0.25) is 5.02 Å². The third-order valence-corrected chi connectivity index (χ3v) is 6.73. The van der Waals surface area contributed by atoms with E-state index < -0.39 is 0 Å². The summed E-state index contributed by atoms with van der Waals surface area (Å²) < 4.78 is 1.77. The minimum Gasteiger partial charge on any atom is -0.311 e. The van der Waals surface area contributed by atoms with Gasteiger partial charge in [-0.05, 0) is 53.2 Å². The van der Waals surface area contributed by atoms with E-state index in [4.69, 9.17) is 21.8 Å². The molecule has 5 aromatic rings. The average molecular weight is 517 g/mol. The van der Waals surface area contributed by atoms with E-state index in [0.29, 0.717) is 13.1 Å². The molecule has 0 aliphatic carbocycles. The molecule has 0 atom stereocenters. The zero-order valence-electron chi connectivity index (χ0n) is 19.5. The van der Waals surface area contributed by atoms with Crippen molar-refractivity contribution in [3.63, 3.8) is 0 Å². The number of halogens is 1. The first-order chi connectivity index (χ1) is 17.8. The van der Waals surface area contributed by atoms with Crippen LogP contribution in [0.1, 0.15) is 17.7 Å². The summed E-state index contributed by atoms with van der Waals surface area (Å²) in [4.78, 5) is 1.75. The van der Waals surface area contributed by atoms with Crippen LogP contribution in [0.15, 0.2) is 90.1 Å². The molecule has 0 aliphatic rings. The second kappa shape index (κ2) is 11.9. The van der Waals surface area contributed by atoms with Gasteiger partial charge in [0.15, 0.2) is 0 Å². The molecule has 0 saturated carbocycles. The molecule has 5 rings (SSSR count). The molecule has 0 spiro atoms. The van der Waals surface area contributed by atoms with Crippen molar-refractivity contribution in [1.29, 1.82) is 0 Å². The molecule has 1 N–H and O–H groups in total. The monoisotopic (exact) mass is 516 g/mol. The molecule has 10 heteroatoms. The Morgan fingerprint density at radius 2 is 1.61 bits per heavy atom. The summed E-state index contributed by atoms with van der Waals surface area (Å²) in [5, 5.41) is 26.7. The van der Waals surface area contributed by atoms with E-state index in [1.807, 2.05) is 72.8 Å². The summed E-state index contributed by atoms with van der Waals surface area (Å²) in [6, 6.07) is 27.9. The smallest absolute Gasteiger partial charge is 0.214 e. The number of aromatic nitrogens is 7. The molecular weight excluding hydrogens is 492 g/mol. The summed E-state index contributed by atoms with van der Waals surface area (Å²) in [7, 11) is 0. The molecule has 0 radical (unpaired) electrons. The second-order valence-electron chi connectivity index (χ2n) is 8.11. The van der Waals surface area contributed by atoms with Gasteiger partial charge in [-0.1, -0.05) is 84.0 Å². The Balaban J connectivity index is 1.17. The van der Waals surface area contributed by atoms with E-state index in [2.05, 4.69) is 33.0 Å². The minimum atomic E-state index is 0.587. The van der Waals surface area contributed by atoms with E-state index in [0.717, 1.165) is 57.1 Å². The van der Waals surface area contributed by atoms with E-state index in [9.17, 15) is 0 Å². The molecule has 0 amide bonds. The lowest BCUT2D eigenvalue weighted by Gasteiger charge is -2.05. The van der Waals surface area contributed by atoms with Crippen molar-refractivity contribution >= 4 is 23.4 Å². The molecule has 0 aliphatic heterocycles. The Hall–Kier alpha value is -3.53. The van der Waals surface area contributed by atoms with Crippen LogP contribution < -0.4 is 5.32 Å². The van der Waals surface area contributed by atoms with E-state index in [1.54, 1.807) is 21.2 Å². The molecule has 0 bridgehead atoms. The maximum Gasteiger partial charge on any atom is 0.214 e. The molecule has 2 heterocycles. The number of thioether (sulfide) groups is 1. The minimum absolute atomic E-state index is 0.587. The number of para-hydroxylation sites is 1. The predicted molar refractivity (Wildman–Crippen MR) is 142 cm³/mol. The van der Waals surface area contributed by atoms with Crippen molar-refractivity contribution in [3.8, 4) is 16.9 Å². The van der Waals surface area contributed by atoms with Crippen LogP contribution in [0.5, 0.6) is 0 Å². The topological polar surface area (TPSA) is 86.3 Å². The number of tetrazole rings is 1. The van der Waals surface area contributed by atoms with Crippen molar-refractivity contribution < 1.29 is 0 Å². The molecule has 182 valence electrons. The van der Waals surface area contributed by atoms with Crippen LogP contribution in [0.25, 0.3) is 16.9 Å². The van der Waals surface area contributed by atoms with Gasteiger partial charge in [0.25, 0.3) is 0 Å². The molecule has 36 heavy (non-hydrogen) atoms. The molecular formula is C26H25ClN8S. The van der Waals surface area contributed by atoms with Crippen LogP contribution in [-0.2, 0) is 13.1 Å². The van der Waals surface area contributed by atoms with Gasteiger partial charge in [0.05, 0.1) is 12.2 Å². The van der Waals surface area contributed by atoms with Gasteiger partial charge >= 0.3 is 0 Å². The largest absolute Gasteiger partial charge is 0.311 e. The van der Waals surface area contributed by atoms with Gasteiger partial charge in [-0.25, -0.2) is 0 Å². The Bertz CT molecular complexity index is 1370. The predicted octanol–water partition coefficient (Wildman–Crippen LogP) is 4.89. The van der Waals surface area contributed by atoms with E-state index in [1.165, 1.54) is 0 Å². The fourth-order valence-electron chi connectivity index (χ4n) is 3.71. The number of benzene rings is 3. The Labute approximate surface area is 218 Å². The maximum absolute atomic E-state index is 6.02. The van der Waals surface area contributed by atoms with Crippen molar-refractivity contribution in [1.82, 2.24) is 40.5 Å². The van der Waals surface area contributed by atoms with Crippen molar-refractivity contribution in [2.45, 2.75) is 24.7 Å². The zero-order valence-corrected chi connectivity index (χ0v) is 21.1. The molecule has 0 unspecified atom stereocenters. The van der Waals surface area contributed by atoms with Crippen LogP contribution in [-0.4, -0.2) is 47.5 Å². The fraction of sp³-hybridized carbons (Fsp3) is 0.192. The van der Waals surface area contributed by atoms with Crippen molar-refractivity contribution in [3.05, 3.63) is 101 Å². The standard InChI is InChI=1S/C26H25ClN8S/c27-22-14-12-20(13-15-22)19-34-30-24(25(31-34)21-8-3-1-4-9-21)18-28-16-7-17-36-26-29-32-33-35(26)23-10-5-2-6-11-23/h1-6,8-15,28H,7,16-19H2. The van der Waals surface area contributed by atoms with Gasteiger partial charge in [-0.2, -0.15) is 19.7 Å². The van der Waals surface area contributed by atoms with Gasteiger partial charge in [-0.15, -0.1) is 5.10 Å². The maximum atomic E-state index is 6.02. The third-order valence-electron chi connectivity index (χ3n) is 5.47. The summed E-state index contributed by atoms with van der Waals surface area (Å²) >= 11 is 7.67. The lowest BCUT2D eigenvalue weighted by Crippen LogP contribution is -2.16. The Morgan fingerprint density at radius 1 is 0.861 bits per heavy atom. The molecule has 0 saturated heterocycles. The Morgan fingerprint density at radius 3 is 2.39 bits per heavy atom. The van der Waals surface area contributed by atoms with E-state index >= 15 is 0 Å². The lowest BCUT2D eigenvalue weighted by molar-refractivity contribution is 0.576. The highest BCUT2D eigenvalue weighted by Gasteiger charge is 2.13. The first-order valence-corrected chi connectivity index (χ1v) is 13.0. The van der Waals surface area contributed by atoms with Gasteiger partial charge < -0.3 is 5.32 Å². The second-order valence-corrected chi connectivity index (χ2v) is 9.60. The van der Waals surface area contributed by atoms with Gasteiger partial charge in [0.1, 0.15) is 11.4 Å². The van der Waals surface area contributed by atoms with Crippen LogP contribution in [0.3, 0.4) is 0 Å². The molecule has 3 aromatic carbocycles. The highest BCUT2D eigenvalue weighted by molar-refractivity contribution is 7.99. The summed E-state index contributed by atoms with van der Waals surface area (Å²) in [6.45, 7) is 2.07. The first-order valence-electron chi connectivity index (χ1n) is 11.7. The van der Waals surface area contributed by atoms with Gasteiger partial charge in [0.2, 0.25) is 5.16 Å². The molecule has 2 aromatic heterocycles. The van der Waals surface area contributed by atoms with Crippen molar-refractivity contribution in [2.75, 3.05) is 12.3 Å². The van der Waals surface area contributed by atoms with Crippen LogP contribution in [0, 0.1) is 0 Å².